The minimum Gasteiger partial charge on any atom is -0.496 e. The van der Waals surface area contributed by atoms with E-state index >= 15 is 0 Å². The van der Waals surface area contributed by atoms with Gasteiger partial charge in [-0.1, -0.05) is 11.6 Å². The molecule has 13 nitrogen and oxygen atoms in total. The zero-order valence-electron chi connectivity index (χ0n) is 18.6. The fraction of sp³-hybridized carbons (Fsp3) is 0.250. The van der Waals surface area contributed by atoms with Crippen LogP contribution >= 0.6 is 11.6 Å². The number of methoxy groups -OCH3 is 5. The first kappa shape index (κ1) is 26.0. The predicted molar refractivity (Wildman–Crippen MR) is 119 cm³/mol. The van der Waals surface area contributed by atoms with E-state index in [0.717, 1.165) is 20.3 Å². The number of benzene rings is 2. The molecule has 2 N–H and O–H groups in total. The summed E-state index contributed by atoms with van der Waals surface area (Å²) in [6, 6.07) is 2.61. The van der Waals surface area contributed by atoms with Crippen molar-refractivity contribution in [3.8, 4) is 23.0 Å². The van der Waals surface area contributed by atoms with Crippen molar-refractivity contribution in [1.82, 2.24) is 5.32 Å². The number of halogens is 1. The molecule has 0 aromatic heterocycles. The number of nitrogens with zero attached hydrogens (tertiary/aromatic N) is 1. The maximum Gasteiger partial charge on any atom is 0.345 e. The van der Waals surface area contributed by atoms with Gasteiger partial charge in [0.15, 0.2) is 11.5 Å². The first-order chi connectivity index (χ1) is 16.1. The van der Waals surface area contributed by atoms with Gasteiger partial charge in [-0.05, 0) is 12.1 Å². The molecule has 182 valence electrons. The lowest BCUT2D eigenvalue weighted by Gasteiger charge is -2.17. The maximum absolute atomic E-state index is 12.9. The molecule has 0 aliphatic rings. The van der Waals surface area contributed by atoms with E-state index in [-0.39, 0.29) is 33.5 Å². The number of carbonyl (C=O) groups excluding carboxylic acids is 3. The molecule has 0 atom stereocenters. The topological polar surface area (TPSA) is 165 Å². The summed E-state index contributed by atoms with van der Waals surface area (Å²) >= 11 is 6.01. The summed E-state index contributed by atoms with van der Waals surface area (Å²) in [5.74, 6) is -2.60. The number of hydrogen-bond acceptors (Lipinski definition) is 10. The molecule has 0 aliphatic heterocycles. The minimum atomic E-state index is -1.11. The van der Waals surface area contributed by atoms with Crippen LogP contribution in [-0.2, 0) is 4.74 Å². The molecule has 3 amide bonds. The minimum absolute atomic E-state index is 0.00925. The van der Waals surface area contributed by atoms with Crippen molar-refractivity contribution in [3.63, 3.8) is 0 Å². The van der Waals surface area contributed by atoms with Crippen LogP contribution in [0.1, 0.15) is 20.7 Å². The molecular weight excluding hydrogens is 478 g/mol. The van der Waals surface area contributed by atoms with E-state index in [1.165, 1.54) is 33.5 Å². The molecule has 0 saturated carbocycles. The highest BCUT2D eigenvalue weighted by atomic mass is 35.5. The van der Waals surface area contributed by atoms with Crippen molar-refractivity contribution in [3.05, 3.63) is 44.5 Å². The number of amides is 3. The largest absolute Gasteiger partial charge is 0.496 e. The van der Waals surface area contributed by atoms with Crippen LogP contribution in [0.2, 0.25) is 5.02 Å². The summed E-state index contributed by atoms with van der Waals surface area (Å²) in [6.07, 6.45) is 0. The summed E-state index contributed by atoms with van der Waals surface area (Å²) in [5, 5.41) is 15.5. The highest BCUT2D eigenvalue weighted by molar-refractivity contribution is 6.33. The van der Waals surface area contributed by atoms with Gasteiger partial charge in [0.1, 0.15) is 16.9 Å². The normalized spacial score (nSPS) is 10.1. The van der Waals surface area contributed by atoms with Gasteiger partial charge in [0, 0.05) is 6.07 Å². The van der Waals surface area contributed by atoms with Crippen LogP contribution in [0.3, 0.4) is 0 Å². The molecule has 14 heteroatoms. The van der Waals surface area contributed by atoms with Gasteiger partial charge < -0.3 is 29.0 Å². The Kier molecular flexibility index (Phi) is 8.45. The van der Waals surface area contributed by atoms with Gasteiger partial charge in [0.25, 0.3) is 5.91 Å². The first-order valence-corrected chi connectivity index (χ1v) is 9.57. The van der Waals surface area contributed by atoms with Gasteiger partial charge in [-0.15, -0.1) is 0 Å². The second kappa shape index (κ2) is 11.0. The van der Waals surface area contributed by atoms with E-state index < -0.39 is 39.8 Å². The van der Waals surface area contributed by atoms with E-state index in [0.29, 0.717) is 0 Å². The summed E-state index contributed by atoms with van der Waals surface area (Å²) in [5.41, 5.74) is -1.20. The van der Waals surface area contributed by atoms with E-state index in [9.17, 15) is 24.5 Å². The standard InChI is InChI=1S/C20H20ClN3O10/c1-30-12-7-6-10(16(32-3)13(12)19(26)34-5)22-20(27)23-18(25)14-15(31-2)9(21)8-11(24(28)29)17(14)33-4/h6-8H,1-5H3,(H2,22,23,25,27). The number of nitro benzene ring substituents is 1. The van der Waals surface area contributed by atoms with E-state index in [2.05, 4.69) is 5.32 Å². The molecule has 2 aromatic carbocycles. The third kappa shape index (κ3) is 5.04. The molecule has 34 heavy (non-hydrogen) atoms. The van der Waals surface area contributed by atoms with Crippen LogP contribution in [0.25, 0.3) is 0 Å². The zero-order valence-corrected chi connectivity index (χ0v) is 19.4. The monoisotopic (exact) mass is 497 g/mol. The van der Waals surface area contributed by atoms with Crippen LogP contribution in [0.5, 0.6) is 23.0 Å². The van der Waals surface area contributed by atoms with Gasteiger partial charge >= 0.3 is 17.7 Å². The number of nitrogens with one attached hydrogen (secondary N) is 2. The highest BCUT2D eigenvalue weighted by Gasteiger charge is 2.31. The van der Waals surface area contributed by atoms with Gasteiger partial charge in [-0.3, -0.25) is 20.2 Å². The van der Waals surface area contributed by atoms with Crippen molar-refractivity contribution in [2.45, 2.75) is 0 Å². The van der Waals surface area contributed by atoms with Crippen LogP contribution in [0.4, 0.5) is 16.2 Å². The Balaban J connectivity index is 2.45. The number of rotatable bonds is 8. The quantitative estimate of drug-likeness (QED) is 0.314. The fourth-order valence-electron chi connectivity index (χ4n) is 3.01. The maximum atomic E-state index is 12.9. The van der Waals surface area contributed by atoms with E-state index in [1.54, 1.807) is 0 Å². The lowest BCUT2D eigenvalue weighted by molar-refractivity contribution is -0.385. The van der Waals surface area contributed by atoms with E-state index in [4.69, 9.17) is 35.3 Å². The summed E-state index contributed by atoms with van der Waals surface area (Å²) in [6.45, 7) is 0. The lowest BCUT2D eigenvalue weighted by atomic mass is 10.1. The second-order valence-corrected chi connectivity index (χ2v) is 6.61. The molecule has 0 fully saturated rings. The number of hydrogen-bond donors (Lipinski definition) is 2. The molecule has 0 unspecified atom stereocenters. The van der Waals surface area contributed by atoms with Crippen molar-refractivity contribution in [2.24, 2.45) is 0 Å². The zero-order chi connectivity index (χ0) is 25.6. The van der Waals surface area contributed by atoms with Gasteiger partial charge in [0.2, 0.25) is 5.75 Å². The van der Waals surface area contributed by atoms with Crippen molar-refractivity contribution >= 4 is 40.9 Å². The predicted octanol–water partition coefficient (Wildman–Crippen LogP) is 3.03. The number of ether oxygens (including phenoxy) is 5. The Morgan fingerprint density at radius 2 is 1.53 bits per heavy atom. The Morgan fingerprint density at radius 1 is 0.912 bits per heavy atom. The van der Waals surface area contributed by atoms with Crippen LogP contribution in [0.15, 0.2) is 18.2 Å². The molecule has 0 aliphatic carbocycles. The second-order valence-electron chi connectivity index (χ2n) is 6.20. The number of anilines is 1. The van der Waals surface area contributed by atoms with E-state index in [1.807, 2.05) is 5.32 Å². The number of carbonyl (C=O) groups is 3. The Hall–Kier alpha value is -4.26. The third-order valence-electron chi connectivity index (χ3n) is 4.41. The molecule has 0 radical (unpaired) electrons. The summed E-state index contributed by atoms with van der Waals surface area (Å²) < 4.78 is 25.2. The molecule has 0 spiro atoms. The molecule has 0 bridgehead atoms. The van der Waals surface area contributed by atoms with Gasteiger partial charge in [-0.2, -0.15) is 0 Å². The molecule has 2 aromatic rings. The number of imide groups is 1. The highest BCUT2D eigenvalue weighted by Crippen LogP contribution is 2.42. The number of nitro groups is 1. The van der Waals surface area contributed by atoms with Crippen LogP contribution in [0, 0.1) is 10.1 Å². The van der Waals surface area contributed by atoms with Crippen molar-refractivity contribution in [1.29, 1.82) is 0 Å². The average molecular weight is 498 g/mol. The fourth-order valence-corrected chi connectivity index (χ4v) is 3.28. The summed E-state index contributed by atoms with van der Waals surface area (Å²) in [7, 11) is 6.00. The molecule has 2 rings (SSSR count). The number of esters is 1. The Bertz CT molecular complexity index is 1150. The first-order valence-electron chi connectivity index (χ1n) is 9.19. The Labute approximate surface area is 198 Å². The summed E-state index contributed by atoms with van der Waals surface area (Å²) in [4.78, 5) is 48.2. The average Bonchev–Trinajstić information content (AvgIpc) is 2.81. The number of urea groups is 1. The van der Waals surface area contributed by atoms with Crippen molar-refractivity contribution < 1.29 is 43.0 Å². The SMILES string of the molecule is COC(=O)c1c(OC)ccc(NC(=O)NC(=O)c2c(OC)c(Cl)cc([N+](=O)[O-])c2OC)c1OC. The smallest absolute Gasteiger partial charge is 0.345 e. The molecular formula is C20H20ClN3O10. The van der Waals surface area contributed by atoms with Gasteiger partial charge in [0.05, 0.1) is 51.2 Å². The third-order valence-corrected chi connectivity index (χ3v) is 4.69. The molecule has 0 saturated heterocycles. The van der Waals surface area contributed by atoms with Gasteiger partial charge in [-0.25, -0.2) is 9.59 Å². The van der Waals surface area contributed by atoms with Crippen molar-refractivity contribution in [2.75, 3.05) is 40.9 Å². The van der Waals surface area contributed by atoms with Crippen LogP contribution in [-0.4, -0.2) is 58.4 Å². The Morgan fingerprint density at radius 3 is 2.03 bits per heavy atom. The lowest BCUT2D eigenvalue weighted by Crippen LogP contribution is -2.35. The van der Waals surface area contributed by atoms with Crippen LogP contribution < -0.4 is 29.6 Å². The molecule has 0 heterocycles.